The first kappa shape index (κ1) is 11.0. The van der Waals surface area contributed by atoms with Gasteiger partial charge in [-0.2, -0.15) is 0 Å². The minimum Gasteiger partial charge on any atom is -0.313 e. The molecule has 0 amide bonds. The highest BCUT2D eigenvalue weighted by molar-refractivity contribution is 5.00. The Kier molecular flexibility index (Phi) is 2.75. The van der Waals surface area contributed by atoms with Gasteiger partial charge in [-0.1, -0.05) is 0 Å². The van der Waals surface area contributed by atoms with E-state index in [1.807, 2.05) is 0 Å². The van der Waals surface area contributed by atoms with Crippen LogP contribution in [0.25, 0.3) is 0 Å². The minimum atomic E-state index is 0.274. The third kappa shape index (κ3) is 2.05. The quantitative estimate of drug-likeness (QED) is 0.669. The van der Waals surface area contributed by atoms with Crippen LogP contribution >= 0.6 is 0 Å². The molecule has 1 aliphatic heterocycles. The summed E-state index contributed by atoms with van der Waals surface area (Å²) in [5.41, 5.74) is 0.547. The summed E-state index contributed by atoms with van der Waals surface area (Å²) in [6.07, 6.45) is 0. The van der Waals surface area contributed by atoms with E-state index in [1.165, 1.54) is 0 Å². The molecule has 0 aromatic carbocycles. The molecule has 1 rings (SSSR count). The third-order valence-electron chi connectivity index (χ3n) is 2.94. The molecule has 0 aromatic heterocycles. The zero-order chi connectivity index (χ0) is 10.3. The molecular formula is C11H24N2. The van der Waals surface area contributed by atoms with Crippen LogP contribution in [0.15, 0.2) is 0 Å². The second-order valence-electron chi connectivity index (χ2n) is 5.69. The zero-order valence-electron chi connectivity index (χ0n) is 9.94. The molecule has 2 nitrogen and oxygen atoms in total. The van der Waals surface area contributed by atoms with E-state index in [4.69, 9.17) is 0 Å². The summed E-state index contributed by atoms with van der Waals surface area (Å²) in [5, 5.41) is 3.51. The Hall–Kier alpha value is -0.0800. The molecule has 1 N–H and O–H groups in total. The topological polar surface area (TPSA) is 15.3 Å². The van der Waals surface area contributed by atoms with E-state index in [1.54, 1.807) is 0 Å². The molecule has 0 saturated carbocycles. The summed E-state index contributed by atoms with van der Waals surface area (Å²) in [5.74, 6) is 0. The summed E-state index contributed by atoms with van der Waals surface area (Å²) >= 11 is 0. The van der Waals surface area contributed by atoms with Crippen molar-refractivity contribution in [1.82, 2.24) is 10.2 Å². The lowest BCUT2D eigenvalue weighted by molar-refractivity contribution is -0.0380. The largest absolute Gasteiger partial charge is 0.313 e. The molecule has 0 atom stereocenters. The first-order chi connectivity index (χ1) is 5.77. The summed E-state index contributed by atoms with van der Waals surface area (Å²) in [6.45, 7) is 16.0. The van der Waals surface area contributed by atoms with Crippen LogP contribution < -0.4 is 5.32 Å². The Morgan fingerprint density at radius 3 is 1.62 bits per heavy atom. The Labute approximate surface area is 82.7 Å². The van der Waals surface area contributed by atoms with E-state index in [2.05, 4.69) is 51.8 Å². The van der Waals surface area contributed by atoms with Gasteiger partial charge < -0.3 is 5.32 Å². The monoisotopic (exact) mass is 184 g/mol. The second-order valence-corrected chi connectivity index (χ2v) is 5.69. The fourth-order valence-electron chi connectivity index (χ4n) is 3.06. The molecule has 1 heterocycles. The van der Waals surface area contributed by atoms with Crippen molar-refractivity contribution in [3.05, 3.63) is 0 Å². The molecule has 1 saturated heterocycles. The van der Waals surface area contributed by atoms with E-state index in [-0.39, 0.29) is 11.1 Å². The molecule has 13 heavy (non-hydrogen) atoms. The van der Waals surface area contributed by atoms with E-state index in [9.17, 15) is 0 Å². The zero-order valence-corrected chi connectivity index (χ0v) is 9.94. The summed E-state index contributed by atoms with van der Waals surface area (Å²) in [7, 11) is 0. The van der Waals surface area contributed by atoms with Gasteiger partial charge in [0.25, 0.3) is 0 Å². The first-order valence-corrected chi connectivity index (χ1v) is 5.27. The van der Waals surface area contributed by atoms with Gasteiger partial charge >= 0.3 is 0 Å². The van der Waals surface area contributed by atoms with Gasteiger partial charge in [-0.25, -0.2) is 0 Å². The second kappa shape index (κ2) is 3.25. The molecule has 0 bridgehead atoms. The summed E-state index contributed by atoms with van der Waals surface area (Å²) in [4.78, 5) is 2.62. The van der Waals surface area contributed by atoms with Crippen LogP contribution in [-0.2, 0) is 0 Å². The molecule has 1 aliphatic rings. The number of rotatable bonds is 1. The van der Waals surface area contributed by atoms with E-state index in [0.29, 0.717) is 6.04 Å². The van der Waals surface area contributed by atoms with Crippen molar-refractivity contribution in [2.75, 3.05) is 13.1 Å². The molecule has 0 aromatic rings. The molecule has 78 valence electrons. The van der Waals surface area contributed by atoms with Crippen LogP contribution in [-0.4, -0.2) is 35.1 Å². The van der Waals surface area contributed by atoms with Crippen molar-refractivity contribution in [2.24, 2.45) is 0 Å². The van der Waals surface area contributed by atoms with Gasteiger partial charge in [-0.3, -0.25) is 4.90 Å². The van der Waals surface area contributed by atoms with Crippen LogP contribution in [0.2, 0.25) is 0 Å². The van der Waals surface area contributed by atoms with Crippen molar-refractivity contribution in [3.63, 3.8) is 0 Å². The predicted molar refractivity (Wildman–Crippen MR) is 58.0 cm³/mol. The number of nitrogens with one attached hydrogen (secondary N) is 1. The Morgan fingerprint density at radius 1 is 1.00 bits per heavy atom. The molecule has 1 fully saturated rings. The maximum absolute atomic E-state index is 3.51. The first-order valence-electron chi connectivity index (χ1n) is 5.27. The third-order valence-corrected chi connectivity index (χ3v) is 2.94. The molecule has 2 heteroatoms. The van der Waals surface area contributed by atoms with Gasteiger partial charge in [0.1, 0.15) is 0 Å². The van der Waals surface area contributed by atoms with Gasteiger partial charge in [-0.15, -0.1) is 0 Å². The highest BCUT2D eigenvalue weighted by Gasteiger charge is 2.42. The normalized spacial score (nSPS) is 27.9. The Bertz CT molecular complexity index is 167. The predicted octanol–water partition coefficient (Wildman–Crippen LogP) is 1.86. The molecule has 0 aliphatic carbocycles. The molecule has 0 unspecified atom stereocenters. The van der Waals surface area contributed by atoms with E-state index < -0.39 is 0 Å². The van der Waals surface area contributed by atoms with Crippen LogP contribution in [0.1, 0.15) is 41.5 Å². The fraction of sp³-hybridized carbons (Fsp3) is 1.00. The SMILES string of the molecule is CC(C)N1C(C)(C)CNCC1(C)C. The maximum atomic E-state index is 3.51. The summed E-state index contributed by atoms with van der Waals surface area (Å²) in [6, 6.07) is 0.618. The maximum Gasteiger partial charge on any atom is 0.0286 e. The lowest BCUT2D eigenvalue weighted by Crippen LogP contribution is -2.69. The van der Waals surface area contributed by atoms with Crippen molar-refractivity contribution < 1.29 is 0 Å². The van der Waals surface area contributed by atoms with Crippen molar-refractivity contribution in [1.29, 1.82) is 0 Å². The average molecular weight is 184 g/mol. The highest BCUT2D eigenvalue weighted by atomic mass is 15.3. The van der Waals surface area contributed by atoms with Gasteiger partial charge in [-0.05, 0) is 41.5 Å². The van der Waals surface area contributed by atoms with Gasteiger partial charge in [0.15, 0.2) is 0 Å². The number of hydrogen-bond acceptors (Lipinski definition) is 2. The average Bonchev–Trinajstić information content (AvgIpc) is 1.79. The fourth-order valence-corrected chi connectivity index (χ4v) is 3.06. The van der Waals surface area contributed by atoms with Gasteiger partial charge in [0, 0.05) is 30.2 Å². The van der Waals surface area contributed by atoms with Crippen molar-refractivity contribution >= 4 is 0 Å². The number of hydrogen-bond donors (Lipinski definition) is 1. The Morgan fingerprint density at radius 2 is 1.38 bits per heavy atom. The van der Waals surface area contributed by atoms with Gasteiger partial charge in [0.05, 0.1) is 0 Å². The van der Waals surface area contributed by atoms with E-state index >= 15 is 0 Å². The van der Waals surface area contributed by atoms with Crippen LogP contribution in [0.5, 0.6) is 0 Å². The number of nitrogens with zero attached hydrogens (tertiary/aromatic N) is 1. The van der Waals surface area contributed by atoms with Crippen LogP contribution in [0, 0.1) is 0 Å². The van der Waals surface area contributed by atoms with Crippen molar-refractivity contribution in [3.8, 4) is 0 Å². The molecular weight excluding hydrogens is 160 g/mol. The lowest BCUT2D eigenvalue weighted by Gasteiger charge is -2.55. The number of piperazine rings is 1. The van der Waals surface area contributed by atoms with Gasteiger partial charge in [0.2, 0.25) is 0 Å². The van der Waals surface area contributed by atoms with E-state index in [0.717, 1.165) is 13.1 Å². The summed E-state index contributed by atoms with van der Waals surface area (Å²) < 4.78 is 0. The minimum absolute atomic E-state index is 0.274. The highest BCUT2D eigenvalue weighted by Crippen LogP contribution is 2.30. The standard InChI is InChI=1S/C11H24N2/c1-9(2)13-10(3,4)7-12-8-11(13,5)6/h9,12H,7-8H2,1-6H3. The molecule has 0 radical (unpaired) electrons. The molecule has 0 spiro atoms. The van der Waals surface area contributed by atoms with Crippen LogP contribution in [0.4, 0.5) is 0 Å². The Balaban J connectivity index is 2.91. The van der Waals surface area contributed by atoms with Crippen LogP contribution in [0.3, 0.4) is 0 Å². The van der Waals surface area contributed by atoms with Crippen molar-refractivity contribution in [2.45, 2.75) is 58.7 Å². The smallest absolute Gasteiger partial charge is 0.0286 e. The lowest BCUT2D eigenvalue weighted by atomic mass is 9.87.